The van der Waals surface area contributed by atoms with Gasteiger partial charge in [-0.1, -0.05) is 66.1 Å². The van der Waals surface area contributed by atoms with Gasteiger partial charge in [0.25, 0.3) is 0 Å². The topological polar surface area (TPSA) is 27.0 Å². The van der Waals surface area contributed by atoms with Gasteiger partial charge in [-0.25, -0.2) is 0 Å². The maximum absolute atomic E-state index is 9.40. The Morgan fingerprint density at radius 3 is 2.29 bits per heavy atom. The predicted molar refractivity (Wildman–Crippen MR) is 116 cm³/mol. The third-order valence-corrected chi connectivity index (χ3v) is 5.90. The van der Waals surface area contributed by atoms with Crippen LogP contribution in [0, 0.1) is 11.3 Å². The van der Waals surface area contributed by atoms with Gasteiger partial charge in [-0.2, -0.15) is 5.26 Å². The maximum atomic E-state index is 9.40. The van der Waals surface area contributed by atoms with Crippen LogP contribution >= 0.6 is 0 Å². The molecule has 0 spiro atoms. The van der Waals surface area contributed by atoms with E-state index in [1.54, 1.807) is 0 Å². The summed E-state index contributed by atoms with van der Waals surface area (Å²) in [6, 6.07) is 34.1. The van der Waals surface area contributed by atoms with Crippen molar-refractivity contribution in [3.05, 3.63) is 96.6 Å². The fourth-order valence-corrected chi connectivity index (χ4v) is 4.82. The fraction of sp³-hybridized carbons (Fsp3) is 0. The Kier molecular flexibility index (Phi) is 3.07. The number of fused-ring (bicyclic) bond motifs is 5. The van der Waals surface area contributed by atoms with Crippen molar-refractivity contribution in [1.82, 2.24) is 0 Å². The van der Waals surface area contributed by atoms with Crippen LogP contribution in [0.15, 0.2) is 91.0 Å². The number of hydrogen-bond donors (Lipinski definition) is 0. The predicted octanol–water partition coefficient (Wildman–Crippen LogP) is 3.84. The summed E-state index contributed by atoms with van der Waals surface area (Å²) in [5, 5.41) is 9.40. The second kappa shape index (κ2) is 5.61. The number of nitriles is 1. The molecule has 3 heteroatoms. The third kappa shape index (κ3) is 1.92. The van der Waals surface area contributed by atoms with Crippen LogP contribution in [0.5, 0.6) is 0 Å². The Bertz CT molecular complexity index is 1300. The van der Waals surface area contributed by atoms with Gasteiger partial charge in [0, 0.05) is 17.1 Å². The zero-order valence-electron chi connectivity index (χ0n) is 15.1. The monoisotopic (exact) mass is 354 g/mol. The van der Waals surface area contributed by atoms with Crippen LogP contribution in [-0.4, -0.2) is 6.71 Å². The molecule has 0 fully saturated rings. The van der Waals surface area contributed by atoms with E-state index in [9.17, 15) is 5.26 Å². The molecule has 0 saturated heterocycles. The van der Waals surface area contributed by atoms with E-state index < -0.39 is 0 Å². The summed E-state index contributed by atoms with van der Waals surface area (Å²) in [5.41, 5.74) is 10.8. The lowest BCUT2D eigenvalue weighted by Crippen LogP contribution is -2.54. The first kappa shape index (κ1) is 15.3. The van der Waals surface area contributed by atoms with E-state index in [0.717, 1.165) is 5.69 Å². The minimum Gasteiger partial charge on any atom is -0.311 e. The molecule has 0 N–H and O–H groups in total. The van der Waals surface area contributed by atoms with Crippen LogP contribution < -0.4 is 21.3 Å². The Morgan fingerprint density at radius 2 is 1.39 bits per heavy atom. The van der Waals surface area contributed by atoms with Crippen molar-refractivity contribution < 1.29 is 0 Å². The molecular weight excluding hydrogens is 339 g/mol. The Hall–Kier alpha value is -3.77. The summed E-state index contributed by atoms with van der Waals surface area (Å²) in [4.78, 5) is 2.30. The first-order valence-corrected chi connectivity index (χ1v) is 9.48. The molecule has 0 amide bonds. The fourth-order valence-electron chi connectivity index (χ4n) is 4.82. The number of rotatable bonds is 1. The lowest BCUT2D eigenvalue weighted by molar-refractivity contribution is 1.29. The highest BCUT2D eigenvalue weighted by atomic mass is 15.1. The summed E-state index contributed by atoms with van der Waals surface area (Å²) in [5.74, 6) is 0. The smallest absolute Gasteiger partial charge is 0.248 e. The molecule has 0 saturated carbocycles. The van der Waals surface area contributed by atoms with E-state index in [1.807, 2.05) is 18.2 Å². The van der Waals surface area contributed by atoms with E-state index in [4.69, 9.17) is 0 Å². The molecular formula is C25H15BN2. The molecule has 2 aliphatic rings. The van der Waals surface area contributed by atoms with Crippen LogP contribution in [0.25, 0.3) is 11.1 Å². The summed E-state index contributed by atoms with van der Waals surface area (Å²) in [6.45, 7) is 0.258. The highest BCUT2D eigenvalue weighted by molar-refractivity contribution is 7.01. The second-order valence-electron chi connectivity index (χ2n) is 7.31. The molecule has 2 heterocycles. The first-order valence-electron chi connectivity index (χ1n) is 9.48. The molecule has 0 bridgehead atoms. The van der Waals surface area contributed by atoms with Crippen LogP contribution in [0.2, 0.25) is 0 Å². The highest BCUT2D eigenvalue weighted by Gasteiger charge is 2.41. The molecule has 0 atom stereocenters. The van der Waals surface area contributed by atoms with Gasteiger partial charge in [-0.15, -0.1) is 0 Å². The average Bonchev–Trinajstić information content (AvgIpc) is 3.10. The standard InChI is InChI=1S/C25H15BN2/c27-16-17-7-5-8-18(15-17)28-23-13-4-3-12-22(23)26-21-11-2-1-9-19(21)20-10-6-14-24(28)25(20)26/h1-15H. The van der Waals surface area contributed by atoms with Gasteiger partial charge in [-0.05, 0) is 52.4 Å². The van der Waals surface area contributed by atoms with Crippen LogP contribution in [-0.2, 0) is 0 Å². The number of hydrogen-bond acceptors (Lipinski definition) is 2. The third-order valence-electron chi connectivity index (χ3n) is 5.90. The molecule has 0 aromatic heterocycles. The van der Waals surface area contributed by atoms with Crippen LogP contribution in [0.3, 0.4) is 0 Å². The van der Waals surface area contributed by atoms with Gasteiger partial charge >= 0.3 is 0 Å². The minimum atomic E-state index is 0.258. The van der Waals surface area contributed by atoms with Gasteiger partial charge in [0.15, 0.2) is 0 Å². The van der Waals surface area contributed by atoms with Crippen molar-refractivity contribution in [2.45, 2.75) is 0 Å². The van der Waals surface area contributed by atoms with E-state index in [1.165, 1.54) is 38.9 Å². The normalized spacial score (nSPS) is 12.8. The van der Waals surface area contributed by atoms with Gasteiger partial charge < -0.3 is 4.90 Å². The van der Waals surface area contributed by atoms with Crippen molar-refractivity contribution >= 4 is 40.2 Å². The first-order chi connectivity index (χ1) is 13.9. The maximum Gasteiger partial charge on any atom is 0.248 e. The molecule has 128 valence electrons. The molecule has 2 nitrogen and oxygen atoms in total. The zero-order chi connectivity index (χ0) is 18.7. The van der Waals surface area contributed by atoms with E-state index in [-0.39, 0.29) is 6.71 Å². The summed E-state index contributed by atoms with van der Waals surface area (Å²) in [7, 11) is 0. The molecule has 6 rings (SSSR count). The molecule has 2 aliphatic heterocycles. The van der Waals surface area contributed by atoms with Crippen molar-refractivity contribution in [1.29, 1.82) is 5.26 Å². The van der Waals surface area contributed by atoms with Gasteiger partial charge in [0.05, 0.1) is 11.6 Å². The molecule has 4 aromatic carbocycles. The number of para-hydroxylation sites is 1. The Morgan fingerprint density at radius 1 is 0.679 bits per heavy atom. The van der Waals surface area contributed by atoms with Crippen molar-refractivity contribution in [2.75, 3.05) is 4.90 Å². The van der Waals surface area contributed by atoms with E-state index >= 15 is 0 Å². The van der Waals surface area contributed by atoms with Crippen LogP contribution in [0.4, 0.5) is 17.1 Å². The van der Waals surface area contributed by atoms with Gasteiger partial charge in [0.1, 0.15) is 0 Å². The lowest BCUT2D eigenvalue weighted by atomic mass is 9.37. The number of benzene rings is 4. The van der Waals surface area contributed by atoms with E-state index in [0.29, 0.717) is 5.56 Å². The molecule has 4 aromatic rings. The van der Waals surface area contributed by atoms with Crippen molar-refractivity contribution in [2.24, 2.45) is 0 Å². The lowest BCUT2D eigenvalue weighted by Gasteiger charge is -2.35. The van der Waals surface area contributed by atoms with Gasteiger partial charge in [0.2, 0.25) is 6.71 Å². The number of anilines is 3. The second-order valence-corrected chi connectivity index (χ2v) is 7.31. The highest BCUT2D eigenvalue weighted by Crippen LogP contribution is 2.40. The number of nitrogens with zero attached hydrogens (tertiary/aromatic N) is 2. The minimum absolute atomic E-state index is 0.258. The van der Waals surface area contributed by atoms with Crippen molar-refractivity contribution in [3.63, 3.8) is 0 Å². The van der Waals surface area contributed by atoms with E-state index in [2.05, 4.69) is 83.8 Å². The van der Waals surface area contributed by atoms with Gasteiger partial charge in [-0.3, -0.25) is 0 Å². The molecule has 0 aliphatic carbocycles. The Labute approximate surface area is 164 Å². The average molecular weight is 354 g/mol. The van der Waals surface area contributed by atoms with Crippen LogP contribution in [0.1, 0.15) is 5.56 Å². The molecule has 0 unspecified atom stereocenters. The zero-order valence-corrected chi connectivity index (χ0v) is 15.1. The largest absolute Gasteiger partial charge is 0.311 e. The summed E-state index contributed by atoms with van der Waals surface area (Å²) in [6.07, 6.45) is 0. The quantitative estimate of drug-likeness (QED) is 0.420. The summed E-state index contributed by atoms with van der Waals surface area (Å²) >= 11 is 0. The summed E-state index contributed by atoms with van der Waals surface area (Å²) < 4.78 is 0. The molecule has 0 radical (unpaired) electrons. The SMILES string of the molecule is N#Cc1cccc(N2c3ccccc3B3c4ccccc4-c4cccc2c43)c1. The Balaban J connectivity index is 1.70. The van der Waals surface area contributed by atoms with Crippen molar-refractivity contribution in [3.8, 4) is 17.2 Å². The molecule has 28 heavy (non-hydrogen) atoms.